The molecule has 2 rings (SSSR count). The lowest BCUT2D eigenvalue weighted by Crippen LogP contribution is -2.26. The van der Waals surface area contributed by atoms with Crippen molar-refractivity contribution in [3.8, 4) is 5.75 Å². The van der Waals surface area contributed by atoms with Gasteiger partial charge in [0, 0.05) is 0 Å². The number of carbonyl (C=O) groups is 2. The van der Waals surface area contributed by atoms with Crippen molar-refractivity contribution in [2.75, 3.05) is 7.11 Å². The molecule has 0 radical (unpaired) electrons. The van der Waals surface area contributed by atoms with E-state index in [4.69, 9.17) is 9.84 Å². The number of ether oxygens (including phenoxy) is 1. The zero-order valence-corrected chi connectivity index (χ0v) is 12.0. The Morgan fingerprint density at radius 2 is 2.38 bits per heavy atom. The number of aliphatic carboxylic acids is 1. The Hall–Kier alpha value is -2.35. The van der Waals surface area contributed by atoms with Crippen molar-refractivity contribution in [2.24, 2.45) is 10.2 Å². The second kappa shape index (κ2) is 6.89. The van der Waals surface area contributed by atoms with Gasteiger partial charge in [0.15, 0.2) is 5.17 Å². The van der Waals surface area contributed by atoms with Crippen LogP contribution in [-0.4, -0.2) is 40.7 Å². The Balaban J connectivity index is 1.99. The van der Waals surface area contributed by atoms with Crippen molar-refractivity contribution in [3.63, 3.8) is 0 Å². The highest BCUT2D eigenvalue weighted by atomic mass is 32.2. The standard InChI is InChI=1S/C13H13N3O4S/c1-20-9-4-2-3-8(5-9)7-14-16-13-15-12(19)10(21-13)6-11(17)18/h2-5,7,10H,6H2,1H3,(H,17,18)(H,15,16,19). The molecule has 1 heterocycles. The molecule has 1 aromatic carbocycles. The molecule has 2 N–H and O–H groups in total. The van der Waals surface area contributed by atoms with Crippen molar-refractivity contribution >= 4 is 35.0 Å². The minimum Gasteiger partial charge on any atom is -0.497 e. The number of carbonyl (C=O) groups excluding carboxylic acids is 1. The Kier molecular flexibility index (Phi) is 4.94. The van der Waals surface area contributed by atoms with E-state index in [0.29, 0.717) is 10.9 Å². The predicted molar refractivity (Wildman–Crippen MR) is 79.8 cm³/mol. The summed E-state index contributed by atoms with van der Waals surface area (Å²) in [6, 6.07) is 7.26. The molecule has 1 fully saturated rings. The predicted octanol–water partition coefficient (Wildman–Crippen LogP) is 1.09. The van der Waals surface area contributed by atoms with Crippen molar-refractivity contribution in [1.82, 2.24) is 5.32 Å². The normalized spacial score (nSPS) is 20.0. The summed E-state index contributed by atoms with van der Waals surface area (Å²) in [7, 11) is 1.57. The lowest BCUT2D eigenvalue weighted by molar-refractivity contribution is -0.138. The molecule has 7 nitrogen and oxygen atoms in total. The van der Waals surface area contributed by atoms with Crippen LogP contribution in [0.15, 0.2) is 34.5 Å². The molecule has 1 aromatic rings. The maximum Gasteiger partial charge on any atom is 0.305 e. The summed E-state index contributed by atoms with van der Waals surface area (Å²) < 4.78 is 5.09. The Bertz CT molecular complexity index is 615. The largest absolute Gasteiger partial charge is 0.497 e. The summed E-state index contributed by atoms with van der Waals surface area (Å²) in [6.07, 6.45) is 1.28. The molecule has 8 heteroatoms. The number of methoxy groups -OCH3 is 1. The van der Waals surface area contributed by atoms with Gasteiger partial charge in [-0.05, 0) is 17.7 Å². The molecule has 1 unspecified atom stereocenters. The van der Waals surface area contributed by atoms with Crippen LogP contribution in [0.4, 0.5) is 0 Å². The van der Waals surface area contributed by atoms with Gasteiger partial charge in [-0.2, -0.15) is 5.10 Å². The quantitative estimate of drug-likeness (QED) is 0.626. The second-order valence-electron chi connectivity index (χ2n) is 4.12. The number of thioether (sulfide) groups is 1. The van der Waals surface area contributed by atoms with Crippen LogP contribution in [0.5, 0.6) is 5.75 Å². The van der Waals surface area contributed by atoms with Crippen LogP contribution in [0.3, 0.4) is 0 Å². The Morgan fingerprint density at radius 1 is 1.57 bits per heavy atom. The van der Waals surface area contributed by atoms with Crippen LogP contribution in [0.2, 0.25) is 0 Å². The van der Waals surface area contributed by atoms with Crippen molar-refractivity contribution in [2.45, 2.75) is 11.7 Å². The first-order valence-electron chi connectivity index (χ1n) is 6.03. The maximum absolute atomic E-state index is 11.5. The van der Waals surface area contributed by atoms with Crippen LogP contribution in [0.25, 0.3) is 0 Å². The van der Waals surface area contributed by atoms with Gasteiger partial charge in [0.1, 0.15) is 11.0 Å². The van der Waals surface area contributed by atoms with Crippen LogP contribution in [0, 0.1) is 0 Å². The number of nitrogens with zero attached hydrogens (tertiary/aromatic N) is 2. The summed E-state index contributed by atoms with van der Waals surface area (Å²) in [6.45, 7) is 0. The third-order valence-electron chi connectivity index (χ3n) is 2.59. The molecule has 1 amide bonds. The number of hydrogen-bond acceptors (Lipinski definition) is 6. The zero-order chi connectivity index (χ0) is 15.2. The molecule has 0 saturated carbocycles. The third kappa shape index (κ3) is 4.32. The number of hydrogen-bond donors (Lipinski definition) is 2. The lowest BCUT2D eigenvalue weighted by Gasteiger charge is -1.99. The highest BCUT2D eigenvalue weighted by Gasteiger charge is 2.32. The number of carboxylic acid groups (broad SMARTS) is 1. The van der Waals surface area contributed by atoms with Crippen LogP contribution in [-0.2, 0) is 9.59 Å². The fourth-order valence-electron chi connectivity index (χ4n) is 1.61. The number of carboxylic acids is 1. The highest BCUT2D eigenvalue weighted by Crippen LogP contribution is 2.22. The smallest absolute Gasteiger partial charge is 0.305 e. The zero-order valence-electron chi connectivity index (χ0n) is 11.1. The van der Waals surface area contributed by atoms with Gasteiger partial charge in [0.2, 0.25) is 5.91 Å². The van der Waals surface area contributed by atoms with E-state index < -0.39 is 11.2 Å². The van der Waals surface area contributed by atoms with E-state index >= 15 is 0 Å². The van der Waals surface area contributed by atoms with Crippen molar-refractivity contribution < 1.29 is 19.4 Å². The van der Waals surface area contributed by atoms with E-state index in [0.717, 1.165) is 17.3 Å². The van der Waals surface area contributed by atoms with E-state index in [1.54, 1.807) is 13.2 Å². The summed E-state index contributed by atoms with van der Waals surface area (Å²) in [4.78, 5) is 22.1. The number of benzene rings is 1. The van der Waals surface area contributed by atoms with Gasteiger partial charge < -0.3 is 15.2 Å². The molecular weight excluding hydrogens is 294 g/mol. The van der Waals surface area contributed by atoms with Gasteiger partial charge in [-0.15, -0.1) is 5.10 Å². The van der Waals surface area contributed by atoms with Gasteiger partial charge in [-0.1, -0.05) is 23.9 Å². The average molecular weight is 307 g/mol. The number of nitrogens with one attached hydrogen (secondary N) is 1. The third-order valence-corrected chi connectivity index (χ3v) is 3.66. The topological polar surface area (TPSA) is 100 Å². The molecule has 1 saturated heterocycles. The fourth-order valence-corrected chi connectivity index (χ4v) is 2.53. The van der Waals surface area contributed by atoms with Gasteiger partial charge >= 0.3 is 5.97 Å². The van der Waals surface area contributed by atoms with Crippen molar-refractivity contribution in [1.29, 1.82) is 0 Å². The first-order chi connectivity index (χ1) is 10.1. The molecule has 1 aliphatic rings. The fraction of sp³-hybridized carbons (Fsp3) is 0.231. The van der Waals surface area contributed by atoms with Gasteiger partial charge in [0.05, 0.1) is 19.7 Å². The first-order valence-corrected chi connectivity index (χ1v) is 6.91. The monoisotopic (exact) mass is 307 g/mol. The molecule has 0 bridgehead atoms. The van der Waals surface area contributed by atoms with E-state index in [9.17, 15) is 9.59 Å². The molecule has 1 atom stereocenters. The number of amides is 1. The molecule has 21 heavy (non-hydrogen) atoms. The minimum atomic E-state index is -1.02. The molecule has 0 aliphatic carbocycles. The Labute approximate surface area is 125 Å². The van der Waals surface area contributed by atoms with Crippen LogP contribution < -0.4 is 10.1 Å². The van der Waals surface area contributed by atoms with E-state index in [2.05, 4.69) is 15.5 Å². The van der Waals surface area contributed by atoms with Gasteiger partial charge in [0.25, 0.3) is 0 Å². The molecule has 110 valence electrons. The molecule has 0 aromatic heterocycles. The van der Waals surface area contributed by atoms with Crippen LogP contribution in [0.1, 0.15) is 12.0 Å². The Morgan fingerprint density at radius 3 is 3.10 bits per heavy atom. The van der Waals surface area contributed by atoms with Crippen LogP contribution >= 0.6 is 11.8 Å². The van der Waals surface area contributed by atoms with Gasteiger partial charge in [-0.3, -0.25) is 9.59 Å². The van der Waals surface area contributed by atoms with Gasteiger partial charge in [-0.25, -0.2) is 0 Å². The SMILES string of the molecule is COc1cccc(C=NN=C2NC(=O)C(CC(=O)O)S2)c1. The molecule has 1 aliphatic heterocycles. The second-order valence-corrected chi connectivity index (χ2v) is 5.31. The number of amidine groups is 1. The summed E-state index contributed by atoms with van der Waals surface area (Å²) >= 11 is 1.06. The lowest BCUT2D eigenvalue weighted by atomic mass is 10.2. The average Bonchev–Trinajstić information content (AvgIpc) is 2.78. The number of rotatable bonds is 5. The van der Waals surface area contributed by atoms with E-state index in [-0.39, 0.29) is 12.3 Å². The molecule has 0 spiro atoms. The summed E-state index contributed by atoms with van der Waals surface area (Å²) in [5, 5.41) is 18.5. The van der Waals surface area contributed by atoms with Crippen molar-refractivity contribution in [3.05, 3.63) is 29.8 Å². The summed E-state index contributed by atoms with van der Waals surface area (Å²) in [5.41, 5.74) is 0.801. The highest BCUT2D eigenvalue weighted by molar-refractivity contribution is 8.15. The minimum absolute atomic E-state index is 0.241. The maximum atomic E-state index is 11.5. The van der Waals surface area contributed by atoms with E-state index in [1.165, 1.54) is 6.21 Å². The summed E-state index contributed by atoms with van der Waals surface area (Å²) in [5.74, 6) is -0.682. The first kappa shape index (κ1) is 15.0. The van der Waals surface area contributed by atoms with E-state index in [1.807, 2.05) is 18.2 Å². The molecular formula is C13H13N3O4S.